The lowest BCUT2D eigenvalue weighted by Crippen LogP contribution is -2.01. The molecule has 0 aliphatic heterocycles. The largest absolute Gasteiger partial charge is 0.205 e. The van der Waals surface area contributed by atoms with Gasteiger partial charge in [0, 0.05) is 5.38 Å². The molecule has 0 heterocycles. The highest BCUT2D eigenvalue weighted by atomic mass is 35.5. The summed E-state index contributed by atoms with van der Waals surface area (Å²) in [4.78, 5) is 0. The van der Waals surface area contributed by atoms with Crippen molar-refractivity contribution in [1.82, 2.24) is 0 Å². The fourth-order valence-corrected chi connectivity index (χ4v) is 2.41. The Hall–Kier alpha value is -0.270. The summed E-state index contributed by atoms with van der Waals surface area (Å²) in [7, 11) is 0. The van der Waals surface area contributed by atoms with Gasteiger partial charge in [-0.05, 0) is 55.7 Å². The van der Waals surface area contributed by atoms with Crippen LogP contribution in [0.2, 0.25) is 5.02 Å². The van der Waals surface area contributed by atoms with E-state index in [-0.39, 0.29) is 10.8 Å². The monoisotopic (exact) mass is 260 g/mol. The van der Waals surface area contributed by atoms with Crippen molar-refractivity contribution in [1.29, 1.82) is 0 Å². The van der Waals surface area contributed by atoms with E-state index in [1.165, 1.54) is 18.9 Å². The van der Waals surface area contributed by atoms with Crippen LogP contribution in [0.15, 0.2) is 18.2 Å². The summed E-state index contributed by atoms with van der Waals surface area (Å²) in [6.45, 7) is 0. The highest BCUT2D eigenvalue weighted by Gasteiger charge is 2.28. The van der Waals surface area contributed by atoms with Crippen LogP contribution in [-0.2, 0) is 6.42 Å². The van der Waals surface area contributed by atoms with E-state index in [1.807, 2.05) is 6.07 Å². The first-order chi connectivity index (χ1) is 7.66. The van der Waals surface area contributed by atoms with Gasteiger partial charge in [0.15, 0.2) is 0 Å². The van der Waals surface area contributed by atoms with Crippen LogP contribution in [-0.4, -0.2) is 5.38 Å². The molecule has 16 heavy (non-hydrogen) atoms. The minimum Gasteiger partial charge on any atom is -0.205 e. The highest BCUT2D eigenvalue weighted by Crippen LogP contribution is 2.37. The first kappa shape index (κ1) is 12.2. The lowest BCUT2D eigenvalue weighted by molar-refractivity contribution is 0.617. The molecule has 3 heteroatoms. The molecule has 0 bridgehead atoms. The minimum atomic E-state index is -0.330. The number of hydrogen-bond acceptors (Lipinski definition) is 0. The average molecular weight is 261 g/mol. The molecule has 0 saturated heterocycles. The summed E-state index contributed by atoms with van der Waals surface area (Å²) >= 11 is 11.8. The van der Waals surface area contributed by atoms with E-state index in [9.17, 15) is 4.39 Å². The predicted octanol–water partition coefficient (Wildman–Crippen LogP) is 4.82. The molecule has 0 spiro atoms. The third kappa shape index (κ3) is 3.36. The first-order valence-corrected chi connectivity index (χ1v) is 6.56. The Morgan fingerprint density at radius 1 is 1.38 bits per heavy atom. The van der Waals surface area contributed by atoms with Crippen LogP contribution in [0.25, 0.3) is 0 Å². The molecule has 1 atom stereocenters. The fraction of sp³-hybridized carbons (Fsp3) is 0.538. The lowest BCUT2D eigenvalue weighted by atomic mass is 10.1. The van der Waals surface area contributed by atoms with Crippen molar-refractivity contribution in [3.63, 3.8) is 0 Å². The van der Waals surface area contributed by atoms with Gasteiger partial charge in [0.05, 0.1) is 5.02 Å². The summed E-state index contributed by atoms with van der Waals surface area (Å²) in [5.41, 5.74) is 1.00. The van der Waals surface area contributed by atoms with E-state index >= 15 is 0 Å². The average Bonchev–Trinajstić information content (AvgIpc) is 3.07. The maximum atomic E-state index is 13.1. The zero-order chi connectivity index (χ0) is 11.5. The van der Waals surface area contributed by atoms with Gasteiger partial charge >= 0.3 is 0 Å². The second-order valence-corrected chi connectivity index (χ2v) is 5.46. The van der Waals surface area contributed by atoms with Crippen molar-refractivity contribution >= 4 is 23.2 Å². The zero-order valence-corrected chi connectivity index (χ0v) is 10.6. The number of hydrogen-bond donors (Lipinski definition) is 0. The highest BCUT2D eigenvalue weighted by molar-refractivity contribution is 6.30. The van der Waals surface area contributed by atoms with Gasteiger partial charge in [-0.2, -0.15) is 0 Å². The van der Waals surface area contributed by atoms with E-state index in [0.29, 0.717) is 5.38 Å². The number of aryl methyl sites for hydroxylation is 1. The Bertz CT molecular complexity index is 361. The van der Waals surface area contributed by atoms with Gasteiger partial charge in [0.1, 0.15) is 5.82 Å². The van der Waals surface area contributed by atoms with Crippen LogP contribution in [0, 0.1) is 11.7 Å². The van der Waals surface area contributed by atoms with Crippen LogP contribution in [0.3, 0.4) is 0 Å². The molecule has 1 saturated carbocycles. The normalized spacial score (nSPS) is 17.4. The van der Waals surface area contributed by atoms with Crippen LogP contribution in [0.4, 0.5) is 4.39 Å². The SMILES string of the molecule is Fc1cc(CCCC(Cl)C2CC2)ccc1Cl. The Kier molecular flexibility index (Phi) is 4.10. The van der Waals surface area contributed by atoms with E-state index in [1.54, 1.807) is 6.07 Å². The van der Waals surface area contributed by atoms with Crippen LogP contribution in [0.1, 0.15) is 31.2 Å². The Morgan fingerprint density at radius 2 is 2.12 bits per heavy atom. The molecule has 1 fully saturated rings. The molecule has 0 radical (unpaired) electrons. The Balaban J connectivity index is 1.78. The lowest BCUT2D eigenvalue weighted by Gasteiger charge is -2.07. The van der Waals surface area contributed by atoms with Crippen molar-refractivity contribution in [2.75, 3.05) is 0 Å². The molecule has 1 aromatic carbocycles. The van der Waals surface area contributed by atoms with Crippen LogP contribution >= 0.6 is 23.2 Å². The molecule has 1 aromatic rings. The smallest absolute Gasteiger partial charge is 0.142 e. The summed E-state index contributed by atoms with van der Waals surface area (Å²) in [6.07, 6.45) is 5.49. The van der Waals surface area contributed by atoms with Crippen molar-refractivity contribution in [3.05, 3.63) is 34.6 Å². The van der Waals surface area contributed by atoms with Gasteiger partial charge in [-0.25, -0.2) is 4.39 Å². The molecule has 1 aliphatic rings. The van der Waals surface area contributed by atoms with Crippen LogP contribution in [0.5, 0.6) is 0 Å². The number of rotatable bonds is 5. The molecule has 2 rings (SSSR count). The molecule has 0 nitrogen and oxygen atoms in total. The van der Waals surface area contributed by atoms with Crippen molar-refractivity contribution < 1.29 is 4.39 Å². The quantitative estimate of drug-likeness (QED) is 0.666. The van der Waals surface area contributed by atoms with Crippen LogP contribution < -0.4 is 0 Å². The van der Waals surface area contributed by atoms with Gasteiger partial charge in [0.25, 0.3) is 0 Å². The molecule has 88 valence electrons. The molecule has 1 unspecified atom stereocenters. The molecular weight excluding hydrogens is 246 g/mol. The molecule has 0 amide bonds. The first-order valence-electron chi connectivity index (χ1n) is 5.75. The Morgan fingerprint density at radius 3 is 2.75 bits per heavy atom. The number of alkyl halides is 1. The van der Waals surface area contributed by atoms with E-state index < -0.39 is 0 Å². The maximum absolute atomic E-state index is 13.1. The third-order valence-corrected chi connectivity index (χ3v) is 3.94. The molecule has 0 aromatic heterocycles. The van der Waals surface area contributed by atoms with Gasteiger partial charge in [-0.3, -0.25) is 0 Å². The number of halogens is 3. The van der Waals surface area contributed by atoms with Gasteiger partial charge in [-0.1, -0.05) is 17.7 Å². The van der Waals surface area contributed by atoms with E-state index in [0.717, 1.165) is 30.7 Å². The third-order valence-electron chi connectivity index (χ3n) is 3.06. The van der Waals surface area contributed by atoms with Crippen molar-refractivity contribution in [2.24, 2.45) is 5.92 Å². The van der Waals surface area contributed by atoms with Crippen molar-refractivity contribution in [2.45, 2.75) is 37.5 Å². The molecule has 1 aliphatic carbocycles. The minimum absolute atomic E-state index is 0.192. The second-order valence-electron chi connectivity index (χ2n) is 4.49. The predicted molar refractivity (Wildman–Crippen MR) is 66.7 cm³/mol. The summed E-state index contributed by atoms with van der Waals surface area (Å²) in [6, 6.07) is 5.01. The summed E-state index contributed by atoms with van der Waals surface area (Å²) in [5.74, 6) is 0.410. The standard InChI is InChI=1S/C13H15Cl2F/c14-11(10-5-6-10)3-1-2-9-4-7-12(15)13(16)8-9/h4,7-8,10-11H,1-3,5-6H2. The maximum Gasteiger partial charge on any atom is 0.142 e. The summed E-state index contributed by atoms with van der Waals surface area (Å²) in [5, 5.41) is 0.508. The fourth-order valence-electron chi connectivity index (χ4n) is 1.89. The molecule has 0 N–H and O–H groups in total. The second kappa shape index (κ2) is 5.37. The van der Waals surface area contributed by atoms with Crippen molar-refractivity contribution in [3.8, 4) is 0 Å². The van der Waals surface area contributed by atoms with Gasteiger partial charge in [-0.15, -0.1) is 11.6 Å². The zero-order valence-electron chi connectivity index (χ0n) is 9.06. The topological polar surface area (TPSA) is 0 Å². The summed E-state index contributed by atoms with van der Waals surface area (Å²) < 4.78 is 13.1. The number of benzene rings is 1. The molecular formula is C13H15Cl2F. The van der Waals surface area contributed by atoms with Gasteiger partial charge < -0.3 is 0 Å². The van der Waals surface area contributed by atoms with E-state index in [2.05, 4.69) is 0 Å². The Labute approximate surface area is 106 Å². The van der Waals surface area contributed by atoms with Gasteiger partial charge in [0.2, 0.25) is 0 Å². The van der Waals surface area contributed by atoms with E-state index in [4.69, 9.17) is 23.2 Å².